The van der Waals surface area contributed by atoms with Gasteiger partial charge in [-0.2, -0.15) is 4.98 Å². The molecule has 7 amide bonds. The Bertz CT molecular complexity index is 7200. The van der Waals surface area contributed by atoms with Gasteiger partial charge in [-0.1, -0.05) is 42.4 Å². The maximum Gasteiger partial charge on any atom is 0.255 e. The molecule has 17 heterocycles. The highest BCUT2D eigenvalue weighted by Crippen LogP contribution is 2.35. The summed E-state index contributed by atoms with van der Waals surface area (Å²) in [4.78, 5) is 127. The smallest absolute Gasteiger partial charge is 0.255 e. The quantitative estimate of drug-likeness (QED) is 0.0757. The number of aliphatic hydroxyl groups excluding tert-OH is 1. The summed E-state index contributed by atoms with van der Waals surface area (Å²) in [6, 6.07) is 53.3. The van der Waals surface area contributed by atoms with Crippen LogP contribution < -0.4 is 10.6 Å². The molecule has 734 valence electrons. The average molecular weight is 1930 g/mol. The summed E-state index contributed by atoms with van der Waals surface area (Å²) < 4.78 is 70.8. The van der Waals surface area contributed by atoms with E-state index in [1.165, 1.54) is 12.0 Å². The van der Waals surface area contributed by atoms with Gasteiger partial charge in [-0.05, 0) is 258 Å². The van der Waals surface area contributed by atoms with Gasteiger partial charge in [0.25, 0.3) is 41.4 Å². The van der Waals surface area contributed by atoms with Gasteiger partial charge in [-0.15, -0.1) is 0 Å². The van der Waals surface area contributed by atoms with Crippen molar-refractivity contribution >= 4 is 96.5 Å². The Morgan fingerprint density at radius 2 is 0.683 bits per heavy atom. The fourth-order valence-corrected chi connectivity index (χ4v) is 18.0. The predicted molar refractivity (Wildman–Crippen MR) is 538 cm³/mol. The number of aryl methyl sites for hydroxylation is 2. The number of carbonyl (C=O) groups excluding carboxylic acids is 7. The second-order valence-electron chi connectivity index (χ2n) is 37.5. The summed E-state index contributed by atoms with van der Waals surface area (Å²) in [6.45, 7) is 17.9. The lowest BCUT2D eigenvalue weighted by Gasteiger charge is -2.34. The molecule has 0 saturated carbocycles. The largest absolute Gasteiger partial charge is 0.395 e. The van der Waals surface area contributed by atoms with Crippen LogP contribution in [0.3, 0.4) is 0 Å². The third-order valence-electron chi connectivity index (χ3n) is 26.6. The first-order valence-electron chi connectivity index (χ1n) is 47.8. The monoisotopic (exact) mass is 1920 g/mol. The number of aliphatic hydroxyl groups is 1. The number of aromatic nitrogens is 13. The zero-order valence-electron chi connectivity index (χ0n) is 79.8. The molecule has 4 aromatic carbocycles. The van der Waals surface area contributed by atoms with Gasteiger partial charge in [0.05, 0.1) is 46.3 Å². The molecule has 3 N–H and O–H groups in total. The number of amides is 7. The highest BCUT2D eigenvalue weighted by Gasteiger charge is 2.37. The number of likely N-dealkylation sites (tertiary alicyclic amines) is 5. The number of pyridine rings is 6. The van der Waals surface area contributed by atoms with Crippen molar-refractivity contribution in [3.8, 4) is 39.8 Å². The molecule has 0 unspecified atom stereocenters. The predicted octanol–water partition coefficient (Wildman–Crippen LogP) is 18.8. The summed E-state index contributed by atoms with van der Waals surface area (Å²) >= 11 is 0. The number of fused-ring (bicyclic) bond motifs is 5. The average Bonchev–Trinajstić information content (AvgIpc) is 1.59. The van der Waals surface area contributed by atoms with Crippen LogP contribution in [0.2, 0.25) is 0 Å². The number of benzene rings is 4. The number of piperidine rings is 5. The molecule has 33 heteroatoms. The van der Waals surface area contributed by atoms with Crippen molar-refractivity contribution in [1.82, 2.24) is 98.0 Å². The summed E-state index contributed by atoms with van der Waals surface area (Å²) in [6.07, 6.45) is 27.4. The van der Waals surface area contributed by atoms with Gasteiger partial charge in [0.2, 0.25) is 11.7 Å². The minimum Gasteiger partial charge on any atom is -0.395 e. The van der Waals surface area contributed by atoms with Crippen molar-refractivity contribution in [2.75, 3.05) is 85.1 Å². The molecular weight excluding hydrogens is 1810 g/mol. The maximum atomic E-state index is 14.0. The number of nitrogens with one attached hydrogen (secondary N) is 2. The number of hydrogen-bond donors (Lipinski definition) is 3. The normalized spacial score (nSPS) is 15.8. The van der Waals surface area contributed by atoms with E-state index in [1.807, 2.05) is 181 Å². The summed E-state index contributed by atoms with van der Waals surface area (Å²) in [5.74, 6) is 0.416. The minimum atomic E-state index is -1.20. The molecule has 5 aliphatic rings. The first-order chi connectivity index (χ1) is 67.9. The lowest BCUT2D eigenvalue weighted by molar-refractivity contribution is 0.0493. The van der Waals surface area contributed by atoms with Gasteiger partial charge in [-0.25, -0.2) is 42.5 Å². The maximum absolute atomic E-state index is 14.0. The van der Waals surface area contributed by atoms with Crippen molar-refractivity contribution in [1.29, 1.82) is 0 Å². The van der Waals surface area contributed by atoms with E-state index in [2.05, 4.69) is 81.9 Å². The van der Waals surface area contributed by atoms with Crippen LogP contribution in [0.4, 0.5) is 17.6 Å². The van der Waals surface area contributed by atoms with E-state index in [-0.39, 0.29) is 61.9 Å². The van der Waals surface area contributed by atoms with Crippen LogP contribution >= 0.6 is 0 Å². The van der Waals surface area contributed by atoms with Crippen molar-refractivity contribution in [2.45, 2.75) is 149 Å². The van der Waals surface area contributed by atoms with Crippen molar-refractivity contribution in [3.63, 3.8) is 0 Å². The van der Waals surface area contributed by atoms with Crippen LogP contribution in [0.1, 0.15) is 197 Å². The van der Waals surface area contributed by atoms with Gasteiger partial charge in [-0.3, -0.25) is 43.1 Å². The Morgan fingerprint density at radius 3 is 1.00 bits per heavy atom. The van der Waals surface area contributed by atoms with E-state index in [9.17, 15) is 51.1 Å². The SMILES string of the molecule is C.CC1(F)CCN(C(=O)c2cnc3c(ccn3-c3ccc(C(=O)NCCO)cc3)c2)CC1.CC1(F)CCN(C(=O)c2cnc3c(ccn3-c3cccnc3)c2)CC1.CCNC(=O)c1ccc(-n2ccc3cc(C(=O)N4CCC(C)(F)CC4)cnc32)cc1.Cc1ccc(-n2ccc3cc(C(=O)N4CCC(C)(F)CC4)cnc32)cc1.Cc1nc(-c2cccc(-n3ccc4cc(C(=O)N5CCCCC5)cnc43)c2)no1. The number of hydrogen-bond acceptors (Lipinski definition) is 17. The Labute approximate surface area is 819 Å². The minimum absolute atomic E-state index is 0. The van der Waals surface area contributed by atoms with Gasteiger partial charge >= 0.3 is 0 Å². The van der Waals surface area contributed by atoms with Gasteiger partial charge in [0, 0.05) is 220 Å². The van der Waals surface area contributed by atoms with Crippen molar-refractivity contribution in [3.05, 3.63) is 295 Å². The van der Waals surface area contributed by atoms with E-state index in [1.54, 1.807) is 128 Å². The second-order valence-corrected chi connectivity index (χ2v) is 37.5. The number of carbonyl (C=O) groups is 7. The van der Waals surface area contributed by atoms with Crippen LogP contribution in [-0.4, -0.2) is 242 Å². The van der Waals surface area contributed by atoms with Crippen molar-refractivity contribution in [2.24, 2.45) is 0 Å². The Hall–Kier alpha value is -15.4. The molecule has 5 aliphatic heterocycles. The van der Waals surface area contributed by atoms with E-state index in [0.717, 1.165) is 109 Å². The molecule has 0 bridgehead atoms. The van der Waals surface area contributed by atoms with Crippen LogP contribution in [-0.2, 0) is 0 Å². The first-order valence-corrected chi connectivity index (χ1v) is 47.8. The lowest BCUT2D eigenvalue weighted by Crippen LogP contribution is -2.43. The Morgan fingerprint density at radius 1 is 0.366 bits per heavy atom. The summed E-state index contributed by atoms with van der Waals surface area (Å²) in [5, 5.41) is 22.6. The summed E-state index contributed by atoms with van der Waals surface area (Å²) in [7, 11) is 0. The molecule has 21 rings (SSSR count). The molecule has 0 aliphatic carbocycles. The Kier molecular flexibility index (Phi) is 30.3. The molecule has 5 fully saturated rings. The molecule has 142 heavy (non-hydrogen) atoms. The molecule has 0 radical (unpaired) electrons. The van der Waals surface area contributed by atoms with Crippen LogP contribution in [0, 0.1) is 13.8 Å². The molecule has 0 spiro atoms. The molecular formula is C109H116F4N20O9. The molecule has 0 atom stereocenters. The standard InChI is InChI=1S/C23H25FN4O3.C23H25FN4O2.C22H21N5O2.C21H22FN3O.C19H19FN4O.CH4/c1-23(24)7-11-27(12-8-23)22(31)18-14-17-6-10-28(20(17)26-15-18)19-4-2-16(3-5-19)21(30)25-9-13-29;1-3-25-21(29)16-4-6-19(7-5-16)28-11-8-17-14-18(15-26-20(17)28)22(30)27-12-9-23(2,24)10-13-27;1-15-24-20(25-29-15)16-6-5-7-19(13-16)27-11-8-17-12-18(14-23-21(17)27)22(28)26-9-3-2-4-10-26;1-15-3-5-18(6-4-15)25-10-7-16-13-17(14-23-19(16)25)20(26)24-11-8-21(2,22)9-12-24;1-19(20)5-9-23(10-6-19)18(25)15-11-14-4-8-24(17(14)22-12-15)16-3-2-7-21-13-16;/h2-6,10,14-15,29H,7-9,11-13H2,1H3,(H,25,30);4-8,11,14-15H,3,9-10,12-13H2,1-2H3,(H,25,29);5-8,11-14H,2-4,9-10H2,1H3;3-7,10,13-14H,8-9,11-12H2,1-2H3;2-4,7-8,11-13H,5-6,9-10H2,1H3;1H4. The van der Waals surface area contributed by atoms with Gasteiger partial charge < -0.3 is 63.0 Å². The van der Waals surface area contributed by atoms with Gasteiger partial charge in [0.1, 0.15) is 50.9 Å². The van der Waals surface area contributed by atoms with E-state index in [4.69, 9.17) is 9.63 Å². The van der Waals surface area contributed by atoms with E-state index >= 15 is 0 Å². The number of rotatable bonds is 16. The zero-order valence-corrected chi connectivity index (χ0v) is 79.8. The van der Waals surface area contributed by atoms with Crippen LogP contribution in [0.5, 0.6) is 0 Å². The number of alkyl halides is 4. The summed E-state index contributed by atoms with van der Waals surface area (Å²) in [5.41, 5.74) is 9.64. The van der Waals surface area contributed by atoms with Gasteiger partial charge in [0.15, 0.2) is 0 Å². The van der Waals surface area contributed by atoms with Crippen molar-refractivity contribution < 1.29 is 60.8 Å². The fraction of sp³-hybridized carbons (Fsp3) is 0.330. The number of nitrogens with zero attached hydrogens (tertiary/aromatic N) is 18. The third kappa shape index (κ3) is 23.2. The topological polar surface area (TPSA) is 321 Å². The van der Waals surface area contributed by atoms with Crippen LogP contribution in [0.15, 0.2) is 249 Å². The molecule has 29 nitrogen and oxygen atoms in total. The molecule has 12 aromatic heterocycles. The third-order valence-corrected chi connectivity index (χ3v) is 26.6. The lowest BCUT2D eigenvalue weighted by atomic mass is 9.95. The highest BCUT2D eigenvalue weighted by molar-refractivity contribution is 6.02. The highest BCUT2D eigenvalue weighted by atomic mass is 19.2. The second kappa shape index (κ2) is 43.1. The Balaban J connectivity index is 0.000000128. The van der Waals surface area contributed by atoms with E-state index < -0.39 is 22.7 Å². The zero-order chi connectivity index (χ0) is 98.9. The van der Waals surface area contributed by atoms with E-state index in [0.29, 0.717) is 167 Å². The number of halogens is 4. The first kappa shape index (κ1) is 99.6. The fourth-order valence-electron chi connectivity index (χ4n) is 18.0. The molecule has 5 saturated heterocycles. The van der Waals surface area contributed by atoms with Crippen LogP contribution in [0.25, 0.3) is 95.0 Å². The molecule has 16 aromatic rings.